The fraction of sp³-hybridized carbons (Fsp3) is 0.941. The van der Waals surface area contributed by atoms with Gasteiger partial charge in [0.2, 0.25) is 0 Å². The molecule has 0 saturated carbocycles. The van der Waals surface area contributed by atoms with Crippen LogP contribution in [-0.4, -0.2) is 0 Å². The van der Waals surface area contributed by atoms with E-state index in [2.05, 4.69) is 34.6 Å². The maximum absolute atomic E-state index is 2.41. The SMILES string of the molecule is CCCC[C](CCCC)C(CCCC)C(C)C. The second-order valence-corrected chi connectivity index (χ2v) is 5.86. The van der Waals surface area contributed by atoms with Crippen molar-refractivity contribution in [3.05, 3.63) is 5.92 Å². The van der Waals surface area contributed by atoms with Gasteiger partial charge in [0.05, 0.1) is 0 Å². The fourth-order valence-corrected chi connectivity index (χ4v) is 2.74. The summed E-state index contributed by atoms with van der Waals surface area (Å²) < 4.78 is 0. The van der Waals surface area contributed by atoms with Gasteiger partial charge in [-0.1, -0.05) is 73.1 Å². The molecule has 0 bridgehead atoms. The van der Waals surface area contributed by atoms with Gasteiger partial charge in [-0.2, -0.15) is 0 Å². The molecule has 1 unspecified atom stereocenters. The highest BCUT2D eigenvalue weighted by molar-refractivity contribution is 4.97. The van der Waals surface area contributed by atoms with E-state index in [9.17, 15) is 0 Å². The van der Waals surface area contributed by atoms with E-state index in [0.717, 1.165) is 11.8 Å². The summed E-state index contributed by atoms with van der Waals surface area (Å²) in [6, 6.07) is 0. The van der Waals surface area contributed by atoms with Crippen LogP contribution in [0, 0.1) is 17.8 Å². The minimum Gasteiger partial charge on any atom is -0.0654 e. The second-order valence-electron chi connectivity index (χ2n) is 5.86. The Hall–Kier alpha value is 0. The molecule has 0 amide bonds. The zero-order chi connectivity index (χ0) is 13.1. The third-order valence-corrected chi connectivity index (χ3v) is 3.90. The molecule has 0 aromatic carbocycles. The number of rotatable bonds is 11. The molecule has 103 valence electrons. The molecule has 0 heterocycles. The Morgan fingerprint density at radius 3 is 1.59 bits per heavy atom. The Balaban J connectivity index is 4.32. The lowest BCUT2D eigenvalue weighted by molar-refractivity contribution is 0.329. The Morgan fingerprint density at radius 2 is 1.24 bits per heavy atom. The topological polar surface area (TPSA) is 0 Å². The van der Waals surface area contributed by atoms with Crippen molar-refractivity contribution in [3.8, 4) is 0 Å². The van der Waals surface area contributed by atoms with E-state index in [0.29, 0.717) is 0 Å². The van der Waals surface area contributed by atoms with E-state index in [1.54, 1.807) is 0 Å². The summed E-state index contributed by atoms with van der Waals surface area (Å²) in [7, 11) is 0. The first kappa shape index (κ1) is 17.0. The van der Waals surface area contributed by atoms with E-state index in [4.69, 9.17) is 0 Å². The molecule has 1 radical (unpaired) electrons. The Kier molecular flexibility index (Phi) is 11.1. The van der Waals surface area contributed by atoms with Crippen LogP contribution in [0.1, 0.15) is 92.4 Å². The van der Waals surface area contributed by atoms with Gasteiger partial charge >= 0.3 is 0 Å². The third kappa shape index (κ3) is 7.84. The summed E-state index contributed by atoms with van der Waals surface area (Å²) in [5.74, 6) is 3.62. The largest absolute Gasteiger partial charge is 0.0654 e. The van der Waals surface area contributed by atoms with E-state index < -0.39 is 0 Å². The molecule has 0 aliphatic rings. The number of unbranched alkanes of at least 4 members (excludes halogenated alkanes) is 3. The summed E-state index contributed by atoms with van der Waals surface area (Å²) >= 11 is 0. The van der Waals surface area contributed by atoms with Crippen molar-refractivity contribution < 1.29 is 0 Å². The lowest BCUT2D eigenvalue weighted by atomic mass is 9.75. The lowest BCUT2D eigenvalue weighted by Gasteiger charge is -2.30. The van der Waals surface area contributed by atoms with Crippen LogP contribution in [0.2, 0.25) is 0 Å². The van der Waals surface area contributed by atoms with Gasteiger partial charge in [-0.25, -0.2) is 0 Å². The van der Waals surface area contributed by atoms with Gasteiger partial charge < -0.3 is 0 Å². The van der Waals surface area contributed by atoms with Crippen molar-refractivity contribution in [1.82, 2.24) is 0 Å². The van der Waals surface area contributed by atoms with Crippen molar-refractivity contribution in [2.45, 2.75) is 92.4 Å². The van der Waals surface area contributed by atoms with Gasteiger partial charge in [-0.15, -0.1) is 0 Å². The molecule has 0 aromatic rings. The average molecular weight is 239 g/mol. The molecule has 0 nitrogen and oxygen atoms in total. The van der Waals surface area contributed by atoms with Crippen LogP contribution in [-0.2, 0) is 0 Å². The zero-order valence-electron chi connectivity index (χ0n) is 13.0. The van der Waals surface area contributed by atoms with Crippen molar-refractivity contribution in [2.75, 3.05) is 0 Å². The van der Waals surface area contributed by atoms with Gasteiger partial charge in [0, 0.05) is 0 Å². The number of hydrogen-bond acceptors (Lipinski definition) is 0. The van der Waals surface area contributed by atoms with Crippen molar-refractivity contribution in [3.63, 3.8) is 0 Å². The van der Waals surface area contributed by atoms with E-state index in [-0.39, 0.29) is 0 Å². The molecule has 0 aliphatic heterocycles. The smallest absolute Gasteiger partial charge is 0.0207 e. The van der Waals surface area contributed by atoms with Crippen LogP contribution >= 0.6 is 0 Å². The van der Waals surface area contributed by atoms with Gasteiger partial charge in [0.25, 0.3) is 0 Å². The normalized spacial score (nSPS) is 13.6. The minimum atomic E-state index is 0.838. The van der Waals surface area contributed by atoms with Gasteiger partial charge in [-0.3, -0.25) is 0 Å². The van der Waals surface area contributed by atoms with Crippen LogP contribution in [0.3, 0.4) is 0 Å². The molecule has 0 spiro atoms. The van der Waals surface area contributed by atoms with Crippen molar-refractivity contribution >= 4 is 0 Å². The monoisotopic (exact) mass is 239 g/mol. The Labute approximate surface area is 111 Å². The van der Waals surface area contributed by atoms with E-state index in [1.807, 2.05) is 5.92 Å². The zero-order valence-corrected chi connectivity index (χ0v) is 13.0. The van der Waals surface area contributed by atoms with Gasteiger partial charge in [0.15, 0.2) is 0 Å². The van der Waals surface area contributed by atoms with Crippen LogP contribution < -0.4 is 0 Å². The second kappa shape index (κ2) is 11.1. The van der Waals surface area contributed by atoms with E-state index >= 15 is 0 Å². The summed E-state index contributed by atoms with van der Waals surface area (Å²) in [5, 5.41) is 0. The van der Waals surface area contributed by atoms with Gasteiger partial charge in [0.1, 0.15) is 0 Å². The molecule has 0 fully saturated rings. The van der Waals surface area contributed by atoms with Crippen LogP contribution in [0.4, 0.5) is 0 Å². The van der Waals surface area contributed by atoms with Crippen LogP contribution in [0.15, 0.2) is 0 Å². The van der Waals surface area contributed by atoms with Crippen molar-refractivity contribution in [2.24, 2.45) is 11.8 Å². The van der Waals surface area contributed by atoms with E-state index in [1.165, 1.54) is 57.8 Å². The summed E-state index contributed by atoms with van der Waals surface area (Å²) in [6.45, 7) is 11.8. The van der Waals surface area contributed by atoms with Crippen molar-refractivity contribution in [1.29, 1.82) is 0 Å². The average Bonchev–Trinajstić information content (AvgIpc) is 2.31. The van der Waals surface area contributed by atoms with Crippen LogP contribution in [0.5, 0.6) is 0 Å². The summed E-state index contributed by atoms with van der Waals surface area (Å²) in [5.41, 5.74) is 0. The Bertz CT molecular complexity index is 140. The first-order chi connectivity index (χ1) is 8.17. The first-order valence-electron chi connectivity index (χ1n) is 8.01. The molecule has 0 heteroatoms. The van der Waals surface area contributed by atoms with Gasteiger partial charge in [-0.05, 0) is 37.0 Å². The summed E-state index contributed by atoms with van der Waals surface area (Å²) in [6.07, 6.45) is 12.4. The molecule has 1 atom stereocenters. The Morgan fingerprint density at radius 1 is 0.765 bits per heavy atom. The third-order valence-electron chi connectivity index (χ3n) is 3.90. The maximum Gasteiger partial charge on any atom is -0.0207 e. The fourth-order valence-electron chi connectivity index (χ4n) is 2.74. The highest BCUT2D eigenvalue weighted by Crippen LogP contribution is 2.35. The molecule has 0 rings (SSSR count). The molecule has 0 saturated heterocycles. The summed E-state index contributed by atoms with van der Waals surface area (Å²) in [4.78, 5) is 0. The highest BCUT2D eigenvalue weighted by Gasteiger charge is 2.23. The molecule has 0 aliphatic carbocycles. The molecule has 17 heavy (non-hydrogen) atoms. The standard InChI is InChI=1S/C17H35/c1-6-9-12-16(13-10-7-2)17(15(4)5)14-11-8-3/h15,17H,6-14H2,1-5H3. The van der Waals surface area contributed by atoms with Crippen LogP contribution in [0.25, 0.3) is 0 Å². The highest BCUT2D eigenvalue weighted by atomic mass is 14.3. The minimum absolute atomic E-state index is 0.838. The first-order valence-corrected chi connectivity index (χ1v) is 8.01. The lowest BCUT2D eigenvalue weighted by Crippen LogP contribution is -2.19. The predicted molar refractivity (Wildman–Crippen MR) is 80.1 cm³/mol. The molecule has 0 N–H and O–H groups in total. The molecular weight excluding hydrogens is 204 g/mol. The molecular formula is C17H35. The quantitative estimate of drug-likeness (QED) is 0.391. The number of hydrogen-bond donors (Lipinski definition) is 0. The predicted octanol–water partition coefficient (Wildman–Crippen LogP) is 6.40. The molecule has 0 aromatic heterocycles. The maximum atomic E-state index is 2.41.